The number of esters is 1. The molecule has 1 aliphatic heterocycles. The van der Waals surface area contributed by atoms with Crippen LogP contribution in [0.5, 0.6) is 5.75 Å². The summed E-state index contributed by atoms with van der Waals surface area (Å²) in [6, 6.07) is 5.58. The zero-order chi connectivity index (χ0) is 16.6. The van der Waals surface area contributed by atoms with Crippen LogP contribution in [0.1, 0.15) is 24.0 Å². The van der Waals surface area contributed by atoms with E-state index in [1.54, 1.807) is 0 Å². The van der Waals surface area contributed by atoms with Crippen molar-refractivity contribution in [3.63, 3.8) is 0 Å². The van der Waals surface area contributed by atoms with E-state index >= 15 is 0 Å². The van der Waals surface area contributed by atoms with Crippen LogP contribution in [0, 0.1) is 25.7 Å². The van der Waals surface area contributed by atoms with Crippen molar-refractivity contribution in [2.75, 3.05) is 6.54 Å². The molecular weight excluding hydrogens is 294 g/mol. The number of aryl methyl sites for hydroxylation is 2. The van der Waals surface area contributed by atoms with Crippen molar-refractivity contribution < 1.29 is 19.1 Å². The van der Waals surface area contributed by atoms with Gasteiger partial charge in [-0.05, 0) is 37.8 Å². The summed E-state index contributed by atoms with van der Waals surface area (Å²) in [6.07, 6.45) is 4.98. The van der Waals surface area contributed by atoms with Gasteiger partial charge in [-0.25, -0.2) is 4.79 Å². The van der Waals surface area contributed by atoms with E-state index < -0.39 is 5.97 Å². The Morgan fingerprint density at radius 1 is 1.09 bits per heavy atom. The lowest BCUT2D eigenvalue weighted by molar-refractivity contribution is -0.148. The number of carbonyl (C=O) groups is 3. The van der Waals surface area contributed by atoms with Crippen LogP contribution in [0.25, 0.3) is 0 Å². The van der Waals surface area contributed by atoms with Crippen LogP contribution in [-0.2, 0) is 14.4 Å². The largest absolute Gasteiger partial charge is 0.425 e. The number of nitrogens with zero attached hydrogens (tertiary/aromatic N) is 1. The Balaban J connectivity index is 1.71. The van der Waals surface area contributed by atoms with E-state index in [4.69, 9.17) is 4.74 Å². The number of hydrogen-bond donors (Lipinski definition) is 0. The molecule has 120 valence electrons. The fourth-order valence-corrected chi connectivity index (χ4v) is 3.26. The Kier molecular flexibility index (Phi) is 4.03. The van der Waals surface area contributed by atoms with Crippen LogP contribution >= 0.6 is 0 Å². The Hall–Kier alpha value is -2.43. The normalized spacial score (nSPS) is 23.1. The minimum atomic E-state index is -0.587. The SMILES string of the molecule is Cc1cccc(C)c1OC(=O)CN1C(=O)[C@H]2CC=CC[C@H]2C1=O. The number of para-hydroxylation sites is 1. The maximum Gasteiger partial charge on any atom is 0.331 e. The third-order valence-electron chi connectivity index (χ3n) is 4.51. The van der Waals surface area contributed by atoms with Crippen molar-refractivity contribution in [2.45, 2.75) is 26.7 Å². The third-order valence-corrected chi connectivity index (χ3v) is 4.51. The molecule has 1 fully saturated rings. The molecule has 2 amide bonds. The van der Waals surface area contributed by atoms with Gasteiger partial charge in [0.15, 0.2) is 0 Å². The van der Waals surface area contributed by atoms with E-state index in [-0.39, 0.29) is 30.2 Å². The molecule has 2 atom stereocenters. The molecule has 0 spiro atoms. The fourth-order valence-electron chi connectivity index (χ4n) is 3.26. The molecule has 5 heteroatoms. The van der Waals surface area contributed by atoms with Crippen molar-refractivity contribution in [1.29, 1.82) is 0 Å². The van der Waals surface area contributed by atoms with Gasteiger partial charge in [0.25, 0.3) is 0 Å². The summed E-state index contributed by atoms with van der Waals surface area (Å²) in [5.41, 5.74) is 1.69. The molecule has 1 aliphatic carbocycles. The number of imide groups is 1. The van der Waals surface area contributed by atoms with Gasteiger partial charge in [-0.15, -0.1) is 0 Å². The van der Waals surface area contributed by atoms with Gasteiger partial charge in [-0.2, -0.15) is 0 Å². The Morgan fingerprint density at radius 2 is 1.61 bits per heavy atom. The number of carbonyl (C=O) groups excluding carboxylic acids is 3. The summed E-state index contributed by atoms with van der Waals surface area (Å²) in [4.78, 5) is 37.9. The maximum absolute atomic E-state index is 12.3. The minimum Gasteiger partial charge on any atom is -0.425 e. The summed E-state index contributed by atoms with van der Waals surface area (Å²) < 4.78 is 5.39. The number of ether oxygens (including phenoxy) is 1. The zero-order valence-corrected chi connectivity index (χ0v) is 13.2. The van der Waals surface area contributed by atoms with E-state index in [9.17, 15) is 14.4 Å². The van der Waals surface area contributed by atoms with Crippen molar-refractivity contribution in [2.24, 2.45) is 11.8 Å². The first-order valence-electron chi connectivity index (χ1n) is 7.76. The molecule has 0 saturated carbocycles. The molecular formula is C18H19NO4. The van der Waals surface area contributed by atoms with E-state index in [2.05, 4.69) is 0 Å². The molecule has 0 aromatic heterocycles. The van der Waals surface area contributed by atoms with E-state index in [1.165, 1.54) is 0 Å². The maximum atomic E-state index is 12.3. The predicted octanol–water partition coefficient (Wildman–Crippen LogP) is 2.16. The highest BCUT2D eigenvalue weighted by Crippen LogP contribution is 2.35. The molecule has 1 aromatic carbocycles. The first-order valence-corrected chi connectivity index (χ1v) is 7.76. The summed E-state index contributed by atoms with van der Waals surface area (Å²) >= 11 is 0. The number of fused-ring (bicyclic) bond motifs is 1. The monoisotopic (exact) mass is 313 g/mol. The van der Waals surface area contributed by atoms with Crippen molar-refractivity contribution in [3.05, 3.63) is 41.5 Å². The van der Waals surface area contributed by atoms with Gasteiger partial charge in [0, 0.05) is 0 Å². The Bertz CT molecular complexity index is 661. The number of hydrogen-bond acceptors (Lipinski definition) is 4. The number of rotatable bonds is 3. The number of likely N-dealkylation sites (tertiary alicyclic amines) is 1. The number of allylic oxidation sites excluding steroid dienone is 2. The van der Waals surface area contributed by atoms with Crippen LogP contribution in [-0.4, -0.2) is 29.2 Å². The molecule has 23 heavy (non-hydrogen) atoms. The van der Waals surface area contributed by atoms with E-state index in [0.29, 0.717) is 18.6 Å². The first-order chi connectivity index (χ1) is 11.0. The van der Waals surface area contributed by atoms with Gasteiger partial charge in [-0.1, -0.05) is 30.4 Å². The molecule has 1 heterocycles. The lowest BCUT2D eigenvalue weighted by Gasteiger charge is -2.15. The lowest BCUT2D eigenvalue weighted by Crippen LogP contribution is -2.37. The quantitative estimate of drug-likeness (QED) is 0.371. The predicted molar refractivity (Wildman–Crippen MR) is 83.6 cm³/mol. The van der Waals surface area contributed by atoms with Gasteiger partial charge >= 0.3 is 5.97 Å². The molecule has 0 unspecified atom stereocenters. The third kappa shape index (κ3) is 2.79. The Labute approximate surface area is 134 Å². The second-order valence-corrected chi connectivity index (χ2v) is 6.11. The van der Waals surface area contributed by atoms with E-state index in [1.807, 2.05) is 44.2 Å². The Morgan fingerprint density at radius 3 is 2.13 bits per heavy atom. The summed E-state index contributed by atoms with van der Waals surface area (Å²) in [6.45, 7) is 3.38. The van der Waals surface area contributed by atoms with Crippen LogP contribution in [0.15, 0.2) is 30.4 Å². The smallest absolute Gasteiger partial charge is 0.331 e. The van der Waals surface area contributed by atoms with Gasteiger partial charge in [0.1, 0.15) is 12.3 Å². The minimum absolute atomic E-state index is 0.261. The summed E-state index contributed by atoms with van der Waals surface area (Å²) in [5, 5.41) is 0. The zero-order valence-electron chi connectivity index (χ0n) is 13.2. The second-order valence-electron chi connectivity index (χ2n) is 6.11. The molecule has 2 aliphatic rings. The van der Waals surface area contributed by atoms with Crippen LogP contribution < -0.4 is 4.74 Å². The van der Waals surface area contributed by atoms with Gasteiger partial charge in [0.2, 0.25) is 11.8 Å². The lowest BCUT2D eigenvalue weighted by atomic mass is 9.85. The topological polar surface area (TPSA) is 63.7 Å². The summed E-state index contributed by atoms with van der Waals surface area (Å²) in [7, 11) is 0. The summed E-state index contributed by atoms with van der Waals surface area (Å²) in [5.74, 6) is -1.25. The molecule has 0 radical (unpaired) electrons. The van der Waals surface area contributed by atoms with Gasteiger partial charge < -0.3 is 4.74 Å². The van der Waals surface area contributed by atoms with Crippen LogP contribution in [0.2, 0.25) is 0 Å². The average Bonchev–Trinajstić information content (AvgIpc) is 2.77. The second kappa shape index (κ2) is 5.99. The van der Waals surface area contributed by atoms with E-state index in [0.717, 1.165) is 16.0 Å². The molecule has 5 nitrogen and oxygen atoms in total. The number of amides is 2. The van der Waals surface area contributed by atoms with Gasteiger partial charge in [-0.3, -0.25) is 14.5 Å². The molecule has 0 bridgehead atoms. The molecule has 1 aromatic rings. The van der Waals surface area contributed by atoms with Crippen molar-refractivity contribution >= 4 is 17.8 Å². The highest BCUT2D eigenvalue weighted by atomic mass is 16.5. The molecule has 3 rings (SSSR count). The highest BCUT2D eigenvalue weighted by molar-refractivity contribution is 6.07. The van der Waals surface area contributed by atoms with Crippen molar-refractivity contribution in [1.82, 2.24) is 4.90 Å². The highest BCUT2D eigenvalue weighted by Gasteiger charge is 2.47. The van der Waals surface area contributed by atoms with Crippen molar-refractivity contribution in [3.8, 4) is 5.75 Å². The first kappa shape index (κ1) is 15.5. The average molecular weight is 313 g/mol. The number of benzene rings is 1. The fraction of sp³-hybridized carbons (Fsp3) is 0.389. The van der Waals surface area contributed by atoms with Crippen LogP contribution in [0.4, 0.5) is 0 Å². The van der Waals surface area contributed by atoms with Gasteiger partial charge in [0.05, 0.1) is 11.8 Å². The molecule has 1 saturated heterocycles. The van der Waals surface area contributed by atoms with Crippen LogP contribution in [0.3, 0.4) is 0 Å². The molecule has 0 N–H and O–H groups in total. The standard InChI is InChI=1S/C18H19NO4/c1-11-6-5-7-12(2)16(11)23-15(20)10-19-17(21)13-8-3-4-9-14(13)18(19)22/h3-7,13-14H,8-10H2,1-2H3/t13-,14+.